The lowest BCUT2D eigenvalue weighted by Gasteiger charge is -2.15. The minimum Gasteiger partial charge on any atom is -0.477 e. The maximum Gasteiger partial charge on any atom is 0.343 e. The summed E-state index contributed by atoms with van der Waals surface area (Å²) in [5.41, 5.74) is 6.22. The summed E-state index contributed by atoms with van der Waals surface area (Å²) in [6.45, 7) is 2.04. The number of nitrogens with zero attached hydrogens (tertiary/aromatic N) is 6. The van der Waals surface area contributed by atoms with Gasteiger partial charge in [0.2, 0.25) is 5.69 Å². The first-order valence-electron chi connectivity index (χ1n) is 12.2. The first-order valence-corrected chi connectivity index (χ1v) is 12.6. The lowest BCUT2D eigenvalue weighted by atomic mass is 10.1. The maximum absolute atomic E-state index is 12.7. The number of hydrogen-bond acceptors (Lipinski definition) is 5. The van der Waals surface area contributed by atoms with Crippen LogP contribution in [0.3, 0.4) is 0 Å². The van der Waals surface area contributed by atoms with Gasteiger partial charge in [-0.1, -0.05) is 0 Å². The molecule has 8 nitrogen and oxygen atoms in total. The van der Waals surface area contributed by atoms with Gasteiger partial charge in [0, 0.05) is 95.6 Å². The summed E-state index contributed by atoms with van der Waals surface area (Å²) in [6.07, 6.45) is 11.6. The average Bonchev–Trinajstić information content (AvgIpc) is 2.88. The van der Waals surface area contributed by atoms with Crippen LogP contribution in [0.25, 0.3) is 17.1 Å². The molecule has 3 heterocycles. The third kappa shape index (κ3) is 5.15. The highest BCUT2D eigenvalue weighted by atomic mass is 32.1. The number of carboxylic acids is 1. The van der Waals surface area contributed by atoms with Crippen molar-refractivity contribution in [3.63, 3.8) is 0 Å². The number of pyridine rings is 3. The van der Waals surface area contributed by atoms with Crippen molar-refractivity contribution in [2.45, 2.75) is 11.8 Å². The zero-order valence-corrected chi connectivity index (χ0v) is 23.8. The number of aromatic carboxylic acids is 1. The monoisotopic (exact) mass is 531 g/mol. The Bertz CT molecular complexity index is 1480. The van der Waals surface area contributed by atoms with E-state index in [1.54, 1.807) is 6.07 Å². The van der Waals surface area contributed by atoms with Crippen LogP contribution in [0.4, 0.5) is 17.1 Å². The molecule has 0 aliphatic heterocycles. The van der Waals surface area contributed by atoms with Gasteiger partial charge in [0.15, 0.2) is 42.1 Å². The molecule has 1 N–H and O–H groups in total. The minimum atomic E-state index is -1.02. The highest BCUT2D eigenvalue weighted by molar-refractivity contribution is 7.80. The van der Waals surface area contributed by atoms with Crippen LogP contribution in [0.5, 0.6) is 0 Å². The van der Waals surface area contributed by atoms with Gasteiger partial charge >= 0.3 is 11.7 Å². The molecular formula is C29H35N6O2S+3. The zero-order valence-electron chi connectivity index (χ0n) is 22.9. The van der Waals surface area contributed by atoms with Crippen molar-refractivity contribution >= 4 is 35.7 Å². The number of benzene rings is 1. The van der Waals surface area contributed by atoms with Gasteiger partial charge < -0.3 is 19.8 Å². The fourth-order valence-corrected chi connectivity index (χ4v) is 4.89. The molecule has 3 aromatic heterocycles. The minimum absolute atomic E-state index is 0.168. The van der Waals surface area contributed by atoms with Crippen molar-refractivity contribution in [2.24, 2.45) is 0 Å². The fourth-order valence-electron chi connectivity index (χ4n) is 4.48. The molecule has 4 aromatic rings. The summed E-state index contributed by atoms with van der Waals surface area (Å²) in [6, 6.07) is 11.6. The third-order valence-corrected chi connectivity index (χ3v) is 6.96. The molecule has 0 amide bonds. The molecule has 4 rings (SSSR count). The van der Waals surface area contributed by atoms with E-state index >= 15 is 0 Å². The fraction of sp³-hybridized carbons (Fsp3) is 0.241. The van der Waals surface area contributed by atoms with Gasteiger partial charge in [-0.05, 0) is 6.92 Å². The molecule has 0 saturated heterocycles. The Morgan fingerprint density at radius 1 is 0.737 bits per heavy atom. The van der Waals surface area contributed by atoms with Gasteiger partial charge in [0.05, 0.1) is 5.69 Å². The van der Waals surface area contributed by atoms with Crippen molar-refractivity contribution in [1.29, 1.82) is 0 Å². The molecule has 0 fully saturated rings. The van der Waals surface area contributed by atoms with Gasteiger partial charge in [-0.15, -0.1) is 12.6 Å². The largest absolute Gasteiger partial charge is 0.477 e. The van der Waals surface area contributed by atoms with Crippen molar-refractivity contribution in [1.82, 2.24) is 0 Å². The number of rotatable bonds is 7. The summed E-state index contributed by atoms with van der Waals surface area (Å²) in [5, 5.41) is 10.4. The van der Waals surface area contributed by atoms with E-state index in [4.69, 9.17) is 12.6 Å². The molecule has 9 heteroatoms. The topological polar surface area (TPSA) is 58.7 Å². The molecular weight excluding hydrogens is 496 g/mol. The van der Waals surface area contributed by atoms with E-state index in [0.29, 0.717) is 22.0 Å². The summed E-state index contributed by atoms with van der Waals surface area (Å²) in [4.78, 5) is 19.4. The Balaban J connectivity index is 2.06. The first kappa shape index (κ1) is 26.9. The second-order valence-corrected chi connectivity index (χ2v) is 10.3. The van der Waals surface area contributed by atoms with Gasteiger partial charge in [0.25, 0.3) is 5.69 Å². The number of hydrogen-bond donors (Lipinski definition) is 2. The van der Waals surface area contributed by atoms with E-state index in [9.17, 15) is 9.90 Å². The zero-order chi connectivity index (χ0) is 27.7. The van der Waals surface area contributed by atoms with Crippen molar-refractivity contribution in [3.05, 3.63) is 84.7 Å². The summed E-state index contributed by atoms with van der Waals surface area (Å²) in [5.74, 6) is -1.02. The molecule has 0 spiro atoms. The number of aromatic nitrogens is 3. The number of anilines is 3. The predicted octanol–water partition coefficient (Wildman–Crippen LogP) is 3.01. The molecule has 0 unspecified atom stereocenters. The first-order chi connectivity index (χ1) is 18.0. The Kier molecular flexibility index (Phi) is 7.59. The van der Waals surface area contributed by atoms with E-state index in [2.05, 4.69) is 4.90 Å². The Hall–Kier alpha value is -4.11. The summed E-state index contributed by atoms with van der Waals surface area (Å²) in [7, 11) is 11.9. The highest BCUT2D eigenvalue weighted by Gasteiger charge is 2.37. The van der Waals surface area contributed by atoms with E-state index in [-0.39, 0.29) is 5.56 Å². The molecule has 0 aliphatic carbocycles. The predicted molar refractivity (Wildman–Crippen MR) is 153 cm³/mol. The highest BCUT2D eigenvalue weighted by Crippen LogP contribution is 2.29. The van der Waals surface area contributed by atoms with Crippen LogP contribution < -0.4 is 28.4 Å². The molecule has 1 aromatic carbocycles. The van der Waals surface area contributed by atoms with Crippen LogP contribution in [0.15, 0.2) is 78.5 Å². The Morgan fingerprint density at radius 3 is 1.68 bits per heavy atom. The van der Waals surface area contributed by atoms with Crippen LogP contribution in [0.1, 0.15) is 15.9 Å². The van der Waals surface area contributed by atoms with Gasteiger partial charge in [-0.2, -0.15) is 13.7 Å². The van der Waals surface area contributed by atoms with Crippen LogP contribution in [-0.2, 0) is 0 Å². The number of aryl methyl sites for hydroxylation is 1. The molecule has 0 bridgehead atoms. The van der Waals surface area contributed by atoms with Crippen molar-refractivity contribution in [3.8, 4) is 17.1 Å². The molecule has 0 saturated carbocycles. The Morgan fingerprint density at radius 2 is 1.24 bits per heavy atom. The lowest BCUT2D eigenvalue weighted by Crippen LogP contribution is -2.43. The normalized spacial score (nSPS) is 10.8. The van der Waals surface area contributed by atoms with E-state index in [1.165, 1.54) is 0 Å². The smallest absolute Gasteiger partial charge is 0.343 e. The Labute approximate surface area is 229 Å². The van der Waals surface area contributed by atoms with Gasteiger partial charge in [0.1, 0.15) is 5.56 Å². The molecule has 38 heavy (non-hydrogen) atoms. The number of carbonyl (C=O) groups is 1. The molecule has 0 atom stereocenters. The van der Waals surface area contributed by atoms with Gasteiger partial charge in [-0.25, -0.2) is 4.79 Å². The third-order valence-electron chi connectivity index (χ3n) is 6.52. The van der Waals surface area contributed by atoms with Gasteiger partial charge in [-0.3, -0.25) is 0 Å². The molecule has 196 valence electrons. The number of thiol groups is 1. The van der Waals surface area contributed by atoms with Crippen LogP contribution >= 0.6 is 12.6 Å². The average molecular weight is 532 g/mol. The summed E-state index contributed by atoms with van der Waals surface area (Å²) >= 11 is 5.01. The molecule has 0 aliphatic rings. The number of carboxylic acid groups (broad SMARTS) is 1. The van der Waals surface area contributed by atoms with Crippen LogP contribution in [0, 0.1) is 6.92 Å². The van der Waals surface area contributed by atoms with Crippen molar-refractivity contribution in [2.75, 3.05) is 57.0 Å². The summed E-state index contributed by atoms with van der Waals surface area (Å²) < 4.78 is 5.70. The quantitative estimate of drug-likeness (QED) is 0.284. The van der Waals surface area contributed by atoms with E-state index in [1.807, 2.05) is 140 Å². The van der Waals surface area contributed by atoms with Crippen LogP contribution in [-0.4, -0.2) is 53.4 Å². The SMILES string of the molecule is Cc1c[n+](-c2c(S)c(-[n+]3ccc(N(C)C)cc3)cc(C(=O)O)c2-[n+]2ccc(N(C)C)cc2)ccc1N(C)C. The maximum atomic E-state index is 12.7. The second kappa shape index (κ2) is 10.7. The van der Waals surface area contributed by atoms with Crippen molar-refractivity contribution < 1.29 is 23.6 Å². The van der Waals surface area contributed by atoms with Crippen LogP contribution in [0.2, 0.25) is 0 Å². The van der Waals surface area contributed by atoms with E-state index in [0.717, 1.165) is 22.6 Å². The molecule has 0 radical (unpaired) electrons. The standard InChI is InChI=1S/C29H33N6O2S/c1-20-19-35(17-12-24(20)32(6)7)27-26(34-15-10-22(11-16-34)31(4)5)23(29(36)37)18-25(28(27)38)33-13-8-21(9-14-33)30(2)3/h8-19H,1-7H3/q+1/p+2. The second-order valence-electron chi connectivity index (χ2n) is 9.83. The lowest BCUT2D eigenvalue weighted by molar-refractivity contribution is -0.637. The van der Waals surface area contributed by atoms with E-state index < -0.39 is 5.97 Å².